The number of nitrogens with zero attached hydrogens (tertiary/aromatic N) is 2. The molecule has 0 atom stereocenters. The third kappa shape index (κ3) is 3.94. The third-order valence-corrected chi connectivity index (χ3v) is 4.73. The van der Waals surface area contributed by atoms with E-state index in [1.54, 1.807) is 37.3 Å². The first kappa shape index (κ1) is 17.6. The van der Waals surface area contributed by atoms with Gasteiger partial charge in [0.2, 0.25) is 10.0 Å². The lowest BCUT2D eigenvalue weighted by molar-refractivity contribution is -0.384. The molecule has 2 aromatic rings. The highest BCUT2D eigenvalue weighted by molar-refractivity contribution is 7.89. The van der Waals surface area contributed by atoms with E-state index >= 15 is 0 Å². The van der Waals surface area contributed by atoms with Crippen LogP contribution in [0.15, 0.2) is 58.5 Å². The number of anilines is 1. The normalized spacial score (nSPS) is 12.0. The molecule has 0 bridgehead atoms. The molecule has 2 N–H and O–H groups in total. The Morgan fingerprint density at radius 1 is 1.12 bits per heavy atom. The minimum atomic E-state index is -3.49. The van der Waals surface area contributed by atoms with E-state index in [1.165, 1.54) is 25.2 Å². The molecule has 24 heavy (non-hydrogen) atoms. The Morgan fingerprint density at radius 3 is 2.33 bits per heavy atom. The Labute approximate surface area is 139 Å². The Hall–Kier alpha value is -2.78. The highest BCUT2D eigenvalue weighted by Crippen LogP contribution is 2.23. The molecule has 0 heterocycles. The summed E-state index contributed by atoms with van der Waals surface area (Å²) >= 11 is 0. The largest absolute Gasteiger partial charge is 0.294 e. The molecule has 0 aliphatic heterocycles. The summed E-state index contributed by atoms with van der Waals surface area (Å²) in [5.74, 6) is 0. The zero-order chi connectivity index (χ0) is 17.7. The first-order valence-corrected chi connectivity index (χ1v) is 8.41. The van der Waals surface area contributed by atoms with Crippen LogP contribution in [0.25, 0.3) is 0 Å². The molecule has 9 heteroatoms. The number of nitro groups is 1. The highest BCUT2D eigenvalue weighted by atomic mass is 32.2. The number of para-hydroxylation sites is 2. The Bertz CT molecular complexity index is 877. The molecule has 0 unspecified atom stereocenters. The van der Waals surface area contributed by atoms with Crippen molar-refractivity contribution in [2.75, 3.05) is 12.5 Å². The fourth-order valence-electron chi connectivity index (χ4n) is 1.93. The van der Waals surface area contributed by atoms with Gasteiger partial charge in [-0.15, -0.1) is 0 Å². The molecule has 0 radical (unpaired) electrons. The fourth-order valence-corrected chi connectivity index (χ4v) is 2.66. The lowest BCUT2D eigenvalue weighted by atomic mass is 10.1. The molecule has 126 valence electrons. The summed E-state index contributed by atoms with van der Waals surface area (Å²) in [6, 6.07) is 12.3. The van der Waals surface area contributed by atoms with E-state index < -0.39 is 14.9 Å². The average molecular weight is 348 g/mol. The zero-order valence-electron chi connectivity index (χ0n) is 13.1. The van der Waals surface area contributed by atoms with Crippen LogP contribution in [-0.2, 0) is 10.0 Å². The van der Waals surface area contributed by atoms with Crippen LogP contribution < -0.4 is 10.1 Å². The van der Waals surface area contributed by atoms with Crippen molar-refractivity contribution in [3.63, 3.8) is 0 Å². The van der Waals surface area contributed by atoms with Crippen molar-refractivity contribution in [1.29, 1.82) is 0 Å². The molecule has 2 rings (SSSR count). The van der Waals surface area contributed by atoms with Gasteiger partial charge in [0.1, 0.15) is 5.69 Å². The van der Waals surface area contributed by atoms with E-state index in [0.717, 1.165) is 0 Å². The topological polar surface area (TPSA) is 114 Å². The molecule has 0 aliphatic rings. The van der Waals surface area contributed by atoms with Crippen molar-refractivity contribution in [1.82, 2.24) is 4.72 Å². The minimum absolute atomic E-state index is 0.0792. The lowest BCUT2D eigenvalue weighted by Crippen LogP contribution is -2.18. The molecule has 8 nitrogen and oxygen atoms in total. The van der Waals surface area contributed by atoms with Crippen molar-refractivity contribution in [3.8, 4) is 0 Å². The summed E-state index contributed by atoms with van der Waals surface area (Å²) < 4.78 is 25.6. The maximum atomic E-state index is 11.7. The summed E-state index contributed by atoms with van der Waals surface area (Å²) in [5, 5.41) is 15.1. The van der Waals surface area contributed by atoms with E-state index in [-0.39, 0.29) is 16.3 Å². The smallest absolute Gasteiger partial charge is 0.271 e. The van der Waals surface area contributed by atoms with E-state index in [1.807, 2.05) is 0 Å². The van der Waals surface area contributed by atoms with Crippen molar-refractivity contribution in [2.24, 2.45) is 5.10 Å². The van der Waals surface area contributed by atoms with Crippen LogP contribution in [0, 0.1) is 10.1 Å². The summed E-state index contributed by atoms with van der Waals surface area (Å²) in [7, 11) is -2.15. The molecule has 2 aromatic carbocycles. The number of hydrogen-bond acceptors (Lipinski definition) is 6. The number of hydrogen-bond donors (Lipinski definition) is 2. The van der Waals surface area contributed by atoms with Crippen LogP contribution in [0.4, 0.5) is 11.4 Å². The van der Waals surface area contributed by atoms with E-state index in [2.05, 4.69) is 15.2 Å². The van der Waals surface area contributed by atoms with Crippen LogP contribution >= 0.6 is 0 Å². The molecular weight excluding hydrogens is 332 g/mol. The number of nitro benzene ring substituents is 1. The molecule has 0 saturated heterocycles. The molecule has 0 aliphatic carbocycles. The standard InChI is InChI=1S/C15H16N4O4S/c1-11(12-7-9-13(10-8-12)24(22,23)16-2)17-18-14-5-3-4-6-15(14)19(20)21/h3-10,16,18H,1-2H3/b17-11-. The number of rotatable bonds is 6. The maximum absolute atomic E-state index is 11.7. The van der Waals surface area contributed by atoms with Gasteiger partial charge < -0.3 is 0 Å². The van der Waals surface area contributed by atoms with Crippen LogP contribution in [0.2, 0.25) is 0 Å². The number of hydrazone groups is 1. The number of nitrogens with one attached hydrogen (secondary N) is 2. The average Bonchev–Trinajstić information content (AvgIpc) is 2.60. The predicted molar refractivity (Wildman–Crippen MR) is 91.6 cm³/mol. The van der Waals surface area contributed by atoms with Crippen molar-refractivity contribution >= 4 is 27.1 Å². The Kier molecular flexibility index (Phi) is 5.27. The van der Waals surface area contributed by atoms with Gasteiger partial charge >= 0.3 is 0 Å². The van der Waals surface area contributed by atoms with Gasteiger partial charge in [-0.3, -0.25) is 15.5 Å². The van der Waals surface area contributed by atoms with Gasteiger partial charge in [0.15, 0.2) is 0 Å². The van der Waals surface area contributed by atoms with Gasteiger partial charge in [-0.05, 0) is 37.7 Å². The summed E-state index contributed by atoms with van der Waals surface area (Å²) in [6.07, 6.45) is 0. The summed E-state index contributed by atoms with van der Waals surface area (Å²) in [4.78, 5) is 10.6. The molecule has 0 spiro atoms. The second-order valence-corrected chi connectivity index (χ2v) is 6.70. The Balaban J connectivity index is 2.22. The van der Waals surface area contributed by atoms with Crippen LogP contribution in [0.1, 0.15) is 12.5 Å². The lowest BCUT2D eigenvalue weighted by Gasteiger charge is -2.06. The number of benzene rings is 2. The van der Waals surface area contributed by atoms with Crippen LogP contribution in [-0.4, -0.2) is 26.1 Å². The van der Waals surface area contributed by atoms with Crippen LogP contribution in [0.3, 0.4) is 0 Å². The van der Waals surface area contributed by atoms with Gasteiger partial charge in [0.05, 0.1) is 15.5 Å². The van der Waals surface area contributed by atoms with Gasteiger partial charge in [0.25, 0.3) is 5.69 Å². The van der Waals surface area contributed by atoms with Gasteiger partial charge in [0, 0.05) is 6.07 Å². The van der Waals surface area contributed by atoms with E-state index in [0.29, 0.717) is 11.3 Å². The first-order chi connectivity index (χ1) is 11.3. The molecule has 0 amide bonds. The maximum Gasteiger partial charge on any atom is 0.294 e. The number of sulfonamides is 1. The van der Waals surface area contributed by atoms with Crippen molar-refractivity contribution in [3.05, 3.63) is 64.2 Å². The third-order valence-electron chi connectivity index (χ3n) is 3.30. The molecule has 0 aromatic heterocycles. The van der Waals surface area contributed by atoms with Gasteiger partial charge in [-0.25, -0.2) is 13.1 Å². The van der Waals surface area contributed by atoms with E-state index in [9.17, 15) is 18.5 Å². The monoisotopic (exact) mass is 348 g/mol. The minimum Gasteiger partial charge on any atom is -0.271 e. The summed E-state index contributed by atoms with van der Waals surface area (Å²) in [6.45, 7) is 1.71. The van der Waals surface area contributed by atoms with Crippen LogP contribution in [0.5, 0.6) is 0 Å². The summed E-state index contributed by atoms with van der Waals surface area (Å²) in [5.41, 5.74) is 4.11. The van der Waals surface area contributed by atoms with Gasteiger partial charge in [-0.1, -0.05) is 24.3 Å². The molecular formula is C15H16N4O4S. The fraction of sp³-hybridized carbons (Fsp3) is 0.133. The Morgan fingerprint density at radius 2 is 1.75 bits per heavy atom. The SMILES string of the molecule is CNS(=O)(=O)c1ccc(/C(C)=N\Nc2ccccc2[N+](=O)[O-])cc1. The second-order valence-electron chi connectivity index (χ2n) is 4.82. The molecule has 0 saturated carbocycles. The predicted octanol–water partition coefficient (Wildman–Crippen LogP) is 2.34. The zero-order valence-corrected chi connectivity index (χ0v) is 13.9. The first-order valence-electron chi connectivity index (χ1n) is 6.93. The van der Waals surface area contributed by atoms with Gasteiger partial charge in [-0.2, -0.15) is 5.10 Å². The van der Waals surface area contributed by atoms with E-state index in [4.69, 9.17) is 0 Å². The quantitative estimate of drug-likeness (QED) is 0.472. The highest BCUT2D eigenvalue weighted by Gasteiger charge is 2.12. The molecule has 0 fully saturated rings. The van der Waals surface area contributed by atoms with Crippen molar-refractivity contribution < 1.29 is 13.3 Å². The second kappa shape index (κ2) is 7.20. The van der Waals surface area contributed by atoms with Crippen molar-refractivity contribution in [2.45, 2.75) is 11.8 Å².